The molecule has 1 aliphatic carbocycles. The highest BCUT2D eigenvalue weighted by atomic mass is 32.2. The molecule has 0 saturated heterocycles. The zero-order valence-corrected chi connectivity index (χ0v) is 19.1. The quantitative estimate of drug-likeness (QED) is 0.533. The Morgan fingerprint density at radius 3 is 2.45 bits per heavy atom. The van der Waals surface area contributed by atoms with Gasteiger partial charge in [-0.2, -0.15) is 18.4 Å². The van der Waals surface area contributed by atoms with Gasteiger partial charge in [-0.25, -0.2) is 4.39 Å². The van der Waals surface area contributed by atoms with Gasteiger partial charge in [-0.3, -0.25) is 4.79 Å². The smallest absolute Gasteiger partial charge is 0.287 e. The maximum atomic E-state index is 13.1. The number of fused-ring (bicyclic) bond motifs is 1. The van der Waals surface area contributed by atoms with E-state index in [2.05, 4.69) is 15.2 Å². The second-order valence-corrected chi connectivity index (χ2v) is 9.64. The van der Waals surface area contributed by atoms with E-state index in [1.54, 1.807) is 6.92 Å². The number of hydrogen-bond donors (Lipinski definition) is 2. The summed E-state index contributed by atoms with van der Waals surface area (Å²) in [6.07, 6.45) is 1.87. The Bertz CT molecular complexity index is 1310. The third-order valence-corrected chi connectivity index (χ3v) is 6.75. The molecule has 0 atom stereocenters. The summed E-state index contributed by atoms with van der Waals surface area (Å²) >= 11 is 0. The maximum Gasteiger partial charge on any atom is 0.287 e. The maximum absolute atomic E-state index is 13.1. The molecule has 0 radical (unpaired) electrons. The van der Waals surface area contributed by atoms with Gasteiger partial charge in [-0.1, -0.05) is 29.8 Å². The second kappa shape index (κ2) is 9.19. The van der Waals surface area contributed by atoms with Crippen molar-refractivity contribution < 1.29 is 22.0 Å². The molecule has 2 aromatic carbocycles. The van der Waals surface area contributed by atoms with Crippen LogP contribution < -0.4 is 10.1 Å². The average Bonchev–Trinajstić information content (AvgIpc) is 3.14. The number of sulfonamides is 1. The number of nitrogens with zero attached hydrogens (tertiary/aromatic N) is 1. The number of aryl methyl sites for hydroxylation is 2. The Hall–Kier alpha value is -3.46. The minimum atomic E-state index is -3.96. The van der Waals surface area contributed by atoms with E-state index in [9.17, 15) is 17.6 Å². The fourth-order valence-electron chi connectivity index (χ4n) is 3.75. The van der Waals surface area contributed by atoms with Crippen LogP contribution in [0, 0.1) is 19.7 Å². The van der Waals surface area contributed by atoms with Crippen molar-refractivity contribution in [1.29, 1.82) is 0 Å². The van der Waals surface area contributed by atoms with E-state index >= 15 is 0 Å². The van der Waals surface area contributed by atoms with E-state index in [-0.39, 0.29) is 16.6 Å². The molecular weight excluding hydrogens is 445 g/mol. The standard InChI is InChI=1S/C24H24FN3O4S/c1-15-6-8-17(9-7-15)14-26-24(29)23-16(2)22-20(4-3-5-21(22)32-23)27-28-33(30,31)19-12-10-18(25)11-13-19/h6-13,28H,3-5,14H2,1-2H3,(H,26,29)/b27-20+. The van der Waals surface area contributed by atoms with Gasteiger partial charge in [-0.05, 0) is 56.5 Å². The van der Waals surface area contributed by atoms with Crippen LogP contribution in [-0.2, 0) is 23.0 Å². The van der Waals surface area contributed by atoms with Crippen molar-refractivity contribution in [3.05, 3.63) is 88.1 Å². The number of hydrazone groups is 1. The van der Waals surface area contributed by atoms with Crippen LogP contribution >= 0.6 is 0 Å². The van der Waals surface area contributed by atoms with Gasteiger partial charge in [0.2, 0.25) is 0 Å². The van der Waals surface area contributed by atoms with Crippen molar-refractivity contribution in [3.8, 4) is 0 Å². The molecule has 1 amide bonds. The normalized spacial score (nSPS) is 14.7. The van der Waals surface area contributed by atoms with Gasteiger partial charge in [0.1, 0.15) is 11.6 Å². The third kappa shape index (κ3) is 4.98. The fourth-order valence-corrected chi connectivity index (χ4v) is 4.58. The molecule has 0 fully saturated rings. The Labute approximate surface area is 191 Å². The van der Waals surface area contributed by atoms with Gasteiger partial charge in [0, 0.05) is 24.1 Å². The lowest BCUT2D eigenvalue weighted by Crippen LogP contribution is -2.23. The summed E-state index contributed by atoms with van der Waals surface area (Å²) < 4.78 is 44.0. The first kappa shape index (κ1) is 22.7. The van der Waals surface area contributed by atoms with Crippen LogP contribution in [0.15, 0.2) is 62.9 Å². The van der Waals surface area contributed by atoms with Gasteiger partial charge >= 0.3 is 0 Å². The van der Waals surface area contributed by atoms with Gasteiger partial charge in [0.25, 0.3) is 15.9 Å². The lowest BCUT2D eigenvalue weighted by molar-refractivity contribution is 0.0920. The largest absolute Gasteiger partial charge is 0.455 e. The Kier molecular flexibility index (Phi) is 6.33. The highest BCUT2D eigenvalue weighted by Crippen LogP contribution is 2.30. The topological polar surface area (TPSA) is 101 Å². The molecule has 3 aromatic rings. The van der Waals surface area contributed by atoms with Gasteiger partial charge in [-0.15, -0.1) is 0 Å². The van der Waals surface area contributed by atoms with E-state index < -0.39 is 15.8 Å². The van der Waals surface area contributed by atoms with E-state index in [1.165, 1.54) is 12.1 Å². The van der Waals surface area contributed by atoms with Crippen molar-refractivity contribution >= 4 is 21.6 Å². The number of halogens is 1. The van der Waals surface area contributed by atoms with E-state index in [1.807, 2.05) is 31.2 Å². The minimum absolute atomic E-state index is 0.0932. The number of benzene rings is 2. The fraction of sp³-hybridized carbons (Fsp3) is 0.250. The second-order valence-electron chi connectivity index (χ2n) is 7.98. The number of carbonyl (C=O) groups is 1. The van der Waals surface area contributed by atoms with Crippen LogP contribution in [0.1, 0.15) is 51.4 Å². The molecule has 1 heterocycles. The SMILES string of the molecule is Cc1ccc(CNC(=O)c2oc3c(c2C)/C(=N/NS(=O)(=O)c2ccc(F)cc2)CCC3)cc1. The van der Waals surface area contributed by atoms with Crippen LogP contribution in [0.5, 0.6) is 0 Å². The van der Waals surface area contributed by atoms with Crippen LogP contribution in [0.2, 0.25) is 0 Å². The number of carbonyl (C=O) groups excluding carboxylic acids is 1. The highest BCUT2D eigenvalue weighted by Gasteiger charge is 2.28. The molecule has 1 aliphatic rings. The number of rotatable bonds is 6. The Morgan fingerprint density at radius 2 is 1.76 bits per heavy atom. The van der Waals surface area contributed by atoms with Crippen molar-refractivity contribution in [3.63, 3.8) is 0 Å². The molecule has 2 N–H and O–H groups in total. The van der Waals surface area contributed by atoms with Crippen molar-refractivity contribution in [2.75, 3.05) is 0 Å². The molecule has 4 rings (SSSR count). The summed E-state index contributed by atoms with van der Waals surface area (Å²) in [6.45, 7) is 4.12. The molecule has 7 nitrogen and oxygen atoms in total. The first-order chi connectivity index (χ1) is 15.7. The third-order valence-electron chi connectivity index (χ3n) is 5.53. The molecule has 0 saturated carbocycles. The van der Waals surface area contributed by atoms with Crippen LogP contribution in [0.3, 0.4) is 0 Å². The molecule has 1 aromatic heterocycles. The lowest BCUT2D eigenvalue weighted by Gasteiger charge is -2.14. The first-order valence-electron chi connectivity index (χ1n) is 10.5. The summed E-state index contributed by atoms with van der Waals surface area (Å²) in [5.74, 6) is -0.0600. The monoisotopic (exact) mass is 469 g/mol. The Morgan fingerprint density at radius 1 is 1.06 bits per heavy atom. The lowest BCUT2D eigenvalue weighted by atomic mass is 9.93. The minimum Gasteiger partial charge on any atom is -0.455 e. The number of furan rings is 1. The molecular formula is C24H24FN3O4S. The predicted molar refractivity (Wildman–Crippen MR) is 122 cm³/mol. The molecule has 0 bridgehead atoms. The zero-order valence-electron chi connectivity index (χ0n) is 18.3. The zero-order chi connectivity index (χ0) is 23.6. The summed E-state index contributed by atoms with van der Waals surface area (Å²) in [7, 11) is -3.96. The van der Waals surface area contributed by atoms with Crippen molar-refractivity contribution in [2.24, 2.45) is 5.10 Å². The van der Waals surface area contributed by atoms with Gasteiger partial charge < -0.3 is 9.73 Å². The van der Waals surface area contributed by atoms with Crippen molar-refractivity contribution in [1.82, 2.24) is 10.1 Å². The summed E-state index contributed by atoms with van der Waals surface area (Å²) in [5.41, 5.74) is 3.89. The van der Waals surface area contributed by atoms with Crippen LogP contribution in [-0.4, -0.2) is 20.0 Å². The summed E-state index contributed by atoms with van der Waals surface area (Å²) in [4.78, 5) is 14.9. The van der Waals surface area contributed by atoms with Crippen molar-refractivity contribution in [2.45, 2.75) is 44.6 Å². The number of nitrogens with one attached hydrogen (secondary N) is 2. The molecule has 0 unspecified atom stereocenters. The molecule has 9 heteroatoms. The molecule has 172 valence electrons. The van der Waals surface area contributed by atoms with Crippen LogP contribution in [0.4, 0.5) is 4.39 Å². The molecule has 0 spiro atoms. The van der Waals surface area contributed by atoms with Gasteiger partial charge in [0.15, 0.2) is 5.76 Å². The predicted octanol–water partition coefficient (Wildman–Crippen LogP) is 3.98. The number of amides is 1. The molecule has 33 heavy (non-hydrogen) atoms. The van der Waals surface area contributed by atoms with Crippen LogP contribution in [0.25, 0.3) is 0 Å². The summed E-state index contributed by atoms with van der Waals surface area (Å²) in [5, 5.41) is 6.99. The highest BCUT2D eigenvalue weighted by molar-refractivity contribution is 7.89. The average molecular weight is 470 g/mol. The van der Waals surface area contributed by atoms with E-state index in [0.29, 0.717) is 48.4 Å². The number of hydrogen-bond acceptors (Lipinski definition) is 5. The Balaban J connectivity index is 1.53. The van der Waals surface area contributed by atoms with E-state index in [0.717, 1.165) is 23.3 Å². The molecule has 0 aliphatic heterocycles. The van der Waals surface area contributed by atoms with E-state index in [4.69, 9.17) is 4.42 Å². The van der Waals surface area contributed by atoms with Gasteiger partial charge in [0.05, 0.1) is 10.6 Å². The first-order valence-corrected chi connectivity index (χ1v) is 12.0. The summed E-state index contributed by atoms with van der Waals surface area (Å²) in [6, 6.07) is 12.3.